The highest BCUT2D eigenvalue weighted by molar-refractivity contribution is 6.31. The smallest absolute Gasteiger partial charge is 0.115 e. The molecule has 0 heterocycles. The molecule has 0 amide bonds. The number of hydrogen-bond donors (Lipinski definition) is 4. The van der Waals surface area contributed by atoms with Gasteiger partial charge in [-0.3, -0.25) is 0 Å². The monoisotopic (exact) mass is 570 g/mol. The lowest BCUT2D eigenvalue weighted by atomic mass is 9.82. The number of hydrogen-bond acceptors (Lipinski definition) is 4. The maximum atomic E-state index is 10.1. The van der Waals surface area contributed by atoms with Crippen LogP contribution in [-0.4, -0.2) is 20.4 Å². The molecule has 0 aliphatic carbocycles. The van der Waals surface area contributed by atoms with Crippen LogP contribution in [0.4, 0.5) is 0 Å². The Hall–Kier alpha value is -6.00. The van der Waals surface area contributed by atoms with E-state index in [1.165, 1.54) is 0 Å². The van der Waals surface area contributed by atoms with Gasteiger partial charge in [0, 0.05) is 0 Å². The Labute approximate surface area is 253 Å². The van der Waals surface area contributed by atoms with Crippen molar-refractivity contribution in [3.63, 3.8) is 0 Å². The minimum Gasteiger partial charge on any atom is -0.508 e. The molecule has 0 aromatic heterocycles. The first-order chi connectivity index (χ1) is 21.4. The number of rotatable bonds is 4. The highest BCUT2D eigenvalue weighted by Gasteiger charge is 2.21. The lowest BCUT2D eigenvalue weighted by molar-refractivity contribution is 0.475. The van der Waals surface area contributed by atoms with E-state index in [2.05, 4.69) is 36.4 Å². The maximum Gasteiger partial charge on any atom is 0.115 e. The van der Waals surface area contributed by atoms with Crippen LogP contribution in [-0.2, 0) is 0 Å². The zero-order valence-electron chi connectivity index (χ0n) is 23.5. The van der Waals surface area contributed by atoms with Gasteiger partial charge in [-0.2, -0.15) is 0 Å². The van der Waals surface area contributed by atoms with Gasteiger partial charge in [0.25, 0.3) is 0 Å². The average molecular weight is 571 g/mol. The summed E-state index contributed by atoms with van der Waals surface area (Å²) in [6, 6.07) is 42.3. The first kappa shape index (κ1) is 25.7. The van der Waals surface area contributed by atoms with Crippen LogP contribution in [0.2, 0.25) is 0 Å². The van der Waals surface area contributed by atoms with Crippen molar-refractivity contribution in [3.8, 4) is 67.5 Å². The molecule has 8 aromatic rings. The van der Waals surface area contributed by atoms with Crippen molar-refractivity contribution in [2.75, 3.05) is 0 Å². The number of phenolic OH excluding ortho intramolecular Hbond substituents is 4. The quantitative estimate of drug-likeness (QED) is 0.159. The first-order valence-electron chi connectivity index (χ1n) is 14.4. The van der Waals surface area contributed by atoms with Crippen LogP contribution < -0.4 is 0 Å². The molecular weight excluding hydrogens is 544 g/mol. The molecule has 4 N–H and O–H groups in total. The largest absolute Gasteiger partial charge is 0.508 e. The van der Waals surface area contributed by atoms with E-state index in [1.807, 2.05) is 48.5 Å². The second kappa shape index (κ2) is 9.79. The Morgan fingerprint density at radius 3 is 0.659 bits per heavy atom. The topological polar surface area (TPSA) is 80.9 Å². The van der Waals surface area contributed by atoms with Gasteiger partial charge in [-0.25, -0.2) is 0 Å². The summed E-state index contributed by atoms with van der Waals surface area (Å²) in [5.41, 5.74) is 8.09. The summed E-state index contributed by atoms with van der Waals surface area (Å²) in [4.78, 5) is 0. The third kappa shape index (κ3) is 4.08. The van der Waals surface area contributed by atoms with E-state index in [0.29, 0.717) is 0 Å². The summed E-state index contributed by atoms with van der Waals surface area (Å²) in [6.07, 6.45) is 0. The van der Waals surface area contributed by atoms with Crippen molar-refractivity contribution in [2.24, 2.45) is 0 Å². The lowest BCUT2D eigenvalue weighted by Crippen LogP contribution is -1.94. The molecule has 0 spiro atoms. The minimum atomic E-state index is 0.210. The van der Waals surface area contributed by atoms with Gasteiger partial charge in [0.1, 0.15) is 23.0 Å². The van der Waals surface area contributed by atoms with E-state index < -0.39 is 0 Å². The fourth-order valence-electron chi connectivity index (χ4n) is 6.51. The Kier molecular flexibility index (Phi) is 5.71. The summed E-state index contributed by atoms with van der Waals surface area (Å²) in [5.74, 6) is 0.842. The van der Waals surface area contributed by atoms with Crippen molar-refractivity contribution in [3.05, 3.63) is 133 Å². The van der Waals surface area contributed by atoms with Gasteiger partial charge < -0.3 is 20.4 Å². The molecule has 0 bridgehead atoms. The van der Waals surface area contributed by atoms with Gasteiger partial charge in [-0.1, -0.05) is 72.8 Å². The molecule has 0 aliphatic rings. The summed E-state index contributed by atoms with van der Waals surface area (Å²) in [6.45, 7) is 0. The van der Waals surface area contributed by atoms with Gasteiger partial charge in [0.05, 0.1) is 0 Å². The average Bonchev–Trinajstić information content (AvgIpc) is 3.05. The molecule has 4 heteroatoms. The number of phenols is 4. The summed E-state index contributed by atoms with van der Waals surface area (Å²) < 4.78 is 0. The van der Waals surface area contributed by atoms with Gasteiger partial charge in [0.2, 0.25) is 0 Å². The molecule has 0 radical (unpaired) electrons. The van der Waals surface area contributed by atoms with E-state index in [4.69, 9.17) is 0 Å². The molecule has 0 unspecified atom stereocenters. The summed E-state index contributed by atoms with van der Waals surface area (Å²) in [5, 5.41) is 46.8. The molecule has 44 heavy (non-hydrogen) atoms. The SMILES string of the molecule is Oc1ccc(-c2cc(-c3ccc(O)cc3)c3ccc4c(-c5ccc(O)cc5)cc(-c5ccc(O)cc5)c5ccc2c3c54)cc1. The highest BCUT2D eigenvalue weighted by atomic mass is 16.3. The Morgan fingerprint density at radius 2 is 0.455 bits per heavy atom. The molecule has 8 aromatic carbocycles. The predicted octanol–water partition coefficient (Wildman–Crippen LogP) is 10.1. The van der Waals surface area contributed by atoms with Crippen LogP contribution >= 0.6 is 0 Å². The summed E-state index contributed by atoms with van der Waals surface area (Å²) in [7, 11) is 0. The second-order valence-electron chi connectivity index (χ2n) is 11.2. The van der Waals surface area contributed by atoms with Gasteiger partial charge in [-0.15, -0.1) is 0 Å². The molecule has 0 saturated carbocycles. The summed E-state index contributed by atoms with van der Waals surface area (Å²) >= 11 is 0. The lowest BCUT2D eigenvalue weighted by Gasteiger charge is -2.21. The van der Waals surface area contributed by atoms with Crippen LogP contribution in [0.15, 0.2) is 133 Å². The van der Waals surface area contributed by atoms with Crippen LogP contribution in [0, 0.1) is 0 Å². The molecular formula is C40H26O4. The predicted molar refractivity (Wildman–Crippen MR) is 179 cm³/mol. The molecule has 0 aliphatic heterocycles. The standard InChI is InChI=1S/C40H26O4/c41-27-9-1-23(2-10-27)35-21-36(24-3-11-28(42)12-4-24)32-19-20-34-38(26-7-15-30(44)16-8-26)22-37(25-5-13-29(43)14-6-25)33-18-17-31(35)39(32)40(33)34/h1-22,41-44H. The molecule has 210 valence electrons. The van der Waals surface area contributed by atoms with E-state index in [1.54, 1.807) is 48.5 Å². The van der Waals surface area contributed by atoms with Crippen LogP contribution in [0.3, 0.4) is 0 Å². The van der Waals surface area contributed by atoms with Gasteiger partial charge in [-0.05, 0) is 137 Å². The normalized spacial score (nSPS) is 11.5. The van der Waals surface area contributed by atoms with Crippen molar-refractivity contribution in [2.45, 2.75) is 0 Å². The molecule has 0 saturated heterocycles. The Balaban J connectivity index is 1.56. The van der Waals surface area contributed by atoms with Gasteiger partial charge >= 0.3 is 0 Å². The Bertz CT molecular complexity index is 1990. The van der Waals surface area contributed by atoms with E-state index >= 15 is 0 Å². The molecule has 0 atom stereocenters. The molecule has 4 nitrogen and oxygen atoms in total. The van der Waals surface area contributed by atoms with Crippen LogP contribution in [0.5, 0.6) is 23.0 Å². The van der Waals surface area contributed by atoms with Crippen molar-refractivity contribution >= 4 is 32.3 Å². The van der Waals surface area contributed by atoms with Crippen molar-refractivity contribution in [1.29, 1.82) is 0 Å². The van der Waals surface area contributed by atoms with E-state index in [0.717, 1.165) is 76.8 Å². The fourth-order valence-corrected chi connectivity index (χ4v) is 6.51. The van der Waals surface area contributed by atoms with Crippen molar-refractivity contribution in [1.82, 2.24) is 0 Å². The van der Waals surface area contributed by atoms with E-state index in [9.17, 15) is 20.4 Å². The second-order valence-corrected chi connectivity index (χ2v) is 11.2. The van der Waals surface area contributed by atoms with E-state index in [-0.39, 0.29) is 23.0 Å². The van der Waals surface area contributed by atoms with Crippen molar-refractivity contribution < 1.29 is 20.4 Å². The highest BCUT2D eigenvalue weighted by Crippen LogP contribution is 2.48. The fraction of sp³-hybridized carbons (Fsp3) is 0. The number of benzene rings is 8. The zero-order chi connectivity index (χ0) is 29.9. The third-order valence-electron chi connectivity index (χ3n) is 8.61. The van der Waals surface area contributed by atoms with Crippen LogP contribution in [0.1, 0.15) is 0 Å². The Morgan fingerprint density at radius 1 is 0.250 bits per heavy atom. The third-order valence-corrected chi connectivity index (χ3v) is 8.61. The van der Waals surface area contributed by atoms with Crippen LogP contribution in [0.25, 0.3) is 76.8 Å². The first-order valence-corrected chi connectivity index (χ1v) is 14.4. The molecule has 8 rings (SSSR count). The van der Waals surface area contributed by atoms with Gasteiger partial charge in [0.15, 0.2) is 0 Å². The minimum absolute atomic E-state index is 0.210. The number of aromatic hydroxyl groups is 4. The zero-order valence-corrected chi connectivity index (χ0v) is 23.5. The molecule has 0 fully saturated rings. The maximum absolute atomic E-state index is 10.1.